The normalized spacial score (nSPS) is 12.6. The molecule has 0 radical (unpaired) electrons. The van der Waals surface area contributed by atoms with E-state index >= 15 is 0 Å². The van der Waals surface area contributed by atoms with Crippen LogP contribution in [-0.4, -0.2) is 16.0 Å². The largest absolute Gasteiger partial charge is 0.361 e. The number of aromatic nitrogens is 2. The van der Waals surface area contributed by atoms with Crippen molar-refractivity contribution in [3.05, 3.63) is 78.0 Å². The molecule has 28 heavy (non-hydrogen) atoms. The van der Waals surface area contributed by atoms with Crippen LogP contribution in [0.3, 0.4) is 0 Å². The van der Waals surface area contributed by atoms with Gasteiger partial charge >= 0.3 is 0 Å². The molecule has 0 spiro atoms. The highest BCUT2D eigenvalue weighted by Crippen LogP contribution is 2.21. The lowest BCUT2D eigenvalue weighted by molar-refractivity contribution is 0.489. The summed E-state index contributed by atoms with van der Waals surface area (Å²) in [5.74, 6) is -0.170. The van der Waals surface area contributed by atoms with E-state index in [0.717, 1.165) is 43.1 Å². The third kappa shape index (κ3) is 4.39. The first-order valence-electron chi connectivity index (χ1n) is 10.0. The first-order chi connectivity index (χ1) is 13.7. The van der Waals surface area contributed by atoms with Crippen LogP contribution >= 0.6 is 0 Å². The summed E-state index contributed by atoms with van der Waals surface area (Å²) >= 11 is 0. The number of fused-ring (bicyclic) bond motifs is 2. The van der Waals surface area contributed by atoms with E-state index in [1.807, 2.05) is 24.7 Å². The van der Waals surface area contributed by atoms with Gasteiger partial charge in [-0.1, -0.05) is 18.6 Å². The van der Waals surface area contributed by atoms with Crippen molar-refractivity contribution in [3.63, 3.8) is 0 Å². The summed E-state index contributed by atoms with van der Waals surface area (Å²) in [6.07, 6.45) is 10.1. The third-order valence-electron chi connectivity index (χ3n) is 5.42. The maximum Gasteiger partial charge on any atom is 0.123 e. The second kappa shape index (κ2) is 8.53. The van der Waals surface area contributed by atoms with Crippen LogP contribution in [0.4, 0.5) is 4.39 Å². The number of pyridine rings is 1. The Morgan fingerprint density at radius 3 is 2.93 bits per heavy atom. The number of nitrogens with one attached hydrogen (secondary N) is 2. The van der Waals surface area contributed by atoms with Crippen LogP contribution < -0.4 is 5.32 Å². The maximum atomic E-state index is 13.5. The van der Waals surface area contributed by atoms with E-state index in [1.165, 1.54) is 28.0 Å². The Labute approximate surface area is 165 Å². The van der Waals surface area contributed by atoms with Gasteiger partial charge in [-0.3, -0.25) is 4.98 Å². The average Bonchev–Trinajstić information content (AvgIpc) is 3.11. The highest BCUT2D eigenvalue weighted by Gasteiger charge is 2.06. The molecule has 0 amide bonds. The summed E-state index contributed by atoms with van der Waals surface area (Å²) in [6.45, 7) is 3.12. The van der Waals surface area contributed by atoms with Gasteiger partial charge in [-0.25, -0.2) is 4.39 Å². The Balaban J connectivity index is 1.23. The highest BCUT2D eigenvalue weighted by molar-refractivity contribution is 5.83. The minimum Gasteiger partial charge on any atom is -0.361 e. The van der Waals surface area contributed by atoms with E-state index in [9.17, 15) is 4.39 Å². The lowest BCUT2D eigenvalue weighted by Gasteiger charge is -2.14. The summed E-state index contributed by atoms with van der Waals surface area (Å²) in [7, 11) is 0. The molecular weight excluding hydrogens is 349 g/mol. The number of hydrogen-bond donors (Lipinski definition) is 2. The Hall–Kier alpha value is -2.72. The Bertz CT molecular complexity index is 1070. The zero-order chi connectivity index (χ0) is 19.3. The molecule has 2 heterocycles. The van der Waals surface area contributed by atoms with E-state index in [4.69, 9.17) is 0 Å². The van der Waals surface area contributed by atoms with Crippen molar-refractivity contribution in [1.82, 2.24) is 15.3 Å². The molecule has 4 rings (SSSR count). The SMILES string of the molecule is C[C@H](CCCCc1c[nH]c2ccc(F)cc12)NCc1ccc2cnccc2c1. The predicted molar refractivity (Wildman–Crippen MR) is 114 cm³/mol. The van der Waals surface area contributed by atoms with Gasteiger partial charge in [0.2, 0.25) is 0 Å². The lowest BCUT2D eigenvalue weighted by atomic mass is 10.0. The second-order valence-corrected chi connectivity index (χ2v) is 7.59. The number of aryl methyl sites for hydroxylation is 1. The standard InChI is InChI=1S/C24H26FN3/c1-17(27-14-18-6-7-20-15-26-11-10-19(20)12-18)4-2-3-5-21-16-28-24-9-8-22(25)13-23(21)24/h6-13,15-17,27-28H,2-5,14H2,1H3/t17-/m1/s1. The molecule has 0 fully saturated rings. The maximum absolute atomic E-state index is 13.5. The molecule has 144 valence electrons. The van der Waals surface area contributed by atoms with Crippen LogP contribution in [0.2, 0.25) is 0 Å². The van der Waals surface area contributed by atoms with Crippen molar-refractivity contribution in [2.45, 2.75) is 45.2 Å². The first kappa shape index (κ1) is 18.6. The quantitative estimate of drug-likeness (QED) is 0.385. The van der Waals surface area contributed by atoms with Crippen molar-refractivity contribution in [1.29, 1.82) is 0 Å². The summed E-state index contributed by atoms with van der Waals surface area (Å²) in [5.41, 5.74) is 3.52. The molecule has 2 aromatic carbocycles. The second-order valence-electron chi connectivity index (χ2n) is 7.59. The van der Waals surface area contributed by atoms with Gasteiger partial charge in [0, 0.05) is 47.5 Å². The zero-order valence-electron chi connectivity index (χ0n) is 16.2. The minimum atomic E-state index is -0.170. The molecule has 0 saturated carbocycles. The molecule has 2 aromatic heterocycles. The molecule has 0 saturated heterocycles. The van der Waals surface area contributed by atoms with E-state index in [-0.39, 0.29) is 5.82 Å². The van der Waals surface area contributed by atoms with Crippen molar-refractivity contribution in [2.24, 2.45) is 0 Å². The number of nitrogens with zero attached hydrogens (tertiary/aromatic N) is 1. The Morgan fingerprint density at radius 1 is 1.07 bits per heavy atom. The number of rotatable bonds is 8. The highest BCUT2D eigenvalue weighted by atomic mass is 19.1. The fourth-order valence-corrected chi connectivity index (χ4v) is 3.76. The van der Waals surface area contributed by atoms with Gasteiger partial charge in [0.25, 0.3) is 0 Å². The Morgan fingerprint density at radius 2 is 2.00 bits per heavy atom. The van der Waals surface area contributed by atoms with Crippen LogP contribution in [0.25, 0.3) is 21.7 Å². The fraction of sp³-hybridized carbons (Fsp3) is 0.292. The molecule has 4 heteroatoms. The molecule has 2 N–H and O–H groups in total. The van der Waals surface area contributed by atoms with Crippen molar-refractivity contribution in [3.8, 4) is 0 Å². The van der Waals surface area contributed by atoms with E-state index in [2.05, 4.69) is 46.5 Å². The van der Waals surface area contributed by atoms with Crippen LogP contribution in [0, 0.1) is 5.82 Å². The summed E-state index contributed by atoms with van der Waals surface area (Å²) < 4.78 is 13.5. The Kier molecular flexibility index (Phi) is 5.68. The van der Waals surface area contributed by atoms with E-state index < -0.39 is 0 Å². The monoisotopic (exact) mass is 375 g/mol. The molecule has 3 nitrogen and oxygen atoms in total. The minimum absolute atomic E-state index is 0.170. The van der Waals surface area contributed by atoms with Gasteiger partial charge in [0.1, 0.15) is 5.82 Å². The molecule has 0 aliphatic carbocycles. The van der Waals surface area contributed by atoms with Gasteiger partial charge in [-0.2, -0.15) is 0 Å². The van der Waals surface area contributed by atoms with E-state index in [1.54, 1.807) is 6.07 Å². The smallest absolute Gasteiger partial charge is 0.123 e. The van der Waals surface area contributed by atoms with Gasteiger partial charge < -0.3 is 10.3 Å². The number of unbranched alkanes of at least 4 members (excludes halogenated alkanes) is 1. The van der Waals surface area contributed by atoms with Gasteiger partial charge in [-0.15, -0.1) is 0 Å². The van der Waals surface area contributed by atoms with Gasteiger partial charge in [0.05, 0.1) is 0 Å². The lowest BCUT2D eigenvalue weighted by Crippen LogP contribution is -2.25. The van der Waals surface area contributed by atoms with Crippen molar-refractivity contribution >= 4 is 21.7 Å². The van der Waals surface area contributed by atoms with Crippen molar-refractivity contribution < 1.29 is 4.39 Å². The topological polar surface area (TPSA) is 40.7 Å². The van der Waals surface area contributed by atoms with Crippen LogP contribution in [-0.2, 0) is 13.0 Å². The molecule has 0 bridgehead atoms. The zero-order valence-corrected chi connectivity index (χ0v) is 16.2. The number of halogens is 1. The van der Waals surface area contributed by atoms with E-state index in [0.29, 0.717) is 6.04 Å². The molecule has 0 unspecified atom stereocenters. The molecule has 4 aromatic rings. The van der Waals surface area contributed by atoms with Crippen molar-refractivity contribution in [2.75, 3.05) is 0 Å². The summed E-state index contributed by atoms with van der Waals surface area (Å²) in [5, 5.41) is 7.05. The predicted octanol–water partition coefficient (Wildman–Crippen LogP) is 5.75. The molecular formula is C24H26FN3. The van der Waals surface area contributed by atoms with Crippen LogP contribution in [0.15, 0.2) is 61.1 Å². The molecule has 0 aliphatic rings. The summed E-state index contributed by atoms with van der Waals surface area (Å²) in [6, 6.07) is 14.0. The number of aromatic amines is 1. The summed E-state index contributed by atoms with van der Waals surface area (Å²) in [4.78, 5) is 7.40. The fourth-order valence-electron chi connectivity index (χ4n) is 3.76. The van der Waals surface area contributed by atoms with Gasteiger partial charge in [-0.05, 0) is 73.0 Å². The third-order valence-corrected chi connectivity index (χ3v) is 5.42. The van der Waals surface area contributed by atoms with Crippen LogP contribution in [0.1, 0.15) is 37.3 Å². The molecule has 0 aliphatic heterocycles. The number of hydrogen-bond acceptors (Lipinski definition) is 2. The number of H-pyrrole nitrogens is 1. The first-order valence-corrected chi connectivity index (χ1v) is 10.0. The van der Waals surface area contributed by atoms with Gasteiger partial charge in [0.15, 0.2) is 0 Å². The number of benzene rings is 2. The molecule has 1 atom stereocenters. The van der Waals surface area contributed by atoms with Crippen LogP contribution in [0.5, 0.6) is 0 Å². The average molecular weight is 375 g/mol.